The number of rotatable bonds is 5. The average Bonchev–Trinajstić information content (AvgIpc) is 3.23. The van der Waals surface area contributed by atoms with Crippen LogP contribution in [0.3, 0.4) is 0 Å². The highest BCUT2D eigenvalue weighted by molar-refractivity contribution is 5.80. The van der Waals surface area contributed by atoms with Gasteiger partial charge in [0.1, 0.15) is 11.6 Å². The summed E-state index contributed by atoms with van der Waals surface area (Å²) in [7, 11) is 0. The maximum absolute atomic E-state index is 14.1. The molecule has 0 saturated carbocycles. The van der Waals surface area contributed by atoms with E-state index in [9.17, 15) is 13.2 Å². The molecule has 5 nitrogen and oxygen atoms in total. The van der Waals surface area contributed by atoms with Gasteiger partial charge in [-0.05, 0) is 31.9 Å². The number of halogens is 3. The molecule has 2 aliphatic heterocycles. The third-order valence-corrected chi connectivity index (χ3v) is 4.94. The van der Waals surface area contributed by atoms with Crippen LogP contribution in [0.5, 0.6) is 5.75 Å². The summed E-state index contributed by atoms with van der Waals surface area (Å²) >= 11 is 0. The van der Waals surface area contributed by atoms with Crippen LogP contribution in [0.4, 0.5) is 13.2 Å². The van der Waals surface area contributed by atoms with Crippen molar-refractivity contribution in [3.8, 4) is 5.75 Å². The normalized spacial score (nSPS) is 23.3. The van der Waals surface area contributed by atoms with Gasteiger partial charge in [0.25, 0.3) is 0 Å². The number of benzene rings is 1. The van der Waals surface area contributed by atoms with E-state index in [2.05, 4.69) is 19.9 Å². The molecule has 1 aromatic carbocycles. The summed E-state index contributed by atoms with van der Waals surface area (Å²) in [6.07, 6.45) is 2.06. The predicted molar refractivity (Wildman–Crippen MR) is 91.9 cm³/mol. The molecule has 26 heavy (non-hydrogen) atoms. The lowest BCUT2D eigenvalue weighted by atomic mass is 9.87. The Morgan fingerprint density at radius 2 is 2.27 bits per heavy atom. The zero-order valence-electron chi connectivity index (χ0n) is 14.8. The number of guanidine groups is 1. The molecule has 2 fully saturated rings. The first-order valence-corrected chi connectivity index (χ1v) is 8.86. The molecule has 0 bridgehead atoms. The first-order chi connectivity index (χ1) is 12.5. The maximum Gasteiger partial charge on any atom is 0.387 e. The fraction of sp³-hybridized carbons (Fsp3) is 0.611. The summed E-state index contributed by atoms with van der Waals surface area (Å²) in [6.45, 7) is 2.74. The van der Waals surface area contributed by atoms with Gasteiger partial charge in [-0.25, -0.2) is 9.38 Å². The molecular formula is C18H24F3N3O2. The van der Waals surface area contributed by atoms with Crippen molar-refractivity contribution in [1.29, 1.82) is 0 Å². The van der Waals surface area contributed by atoms with Gasteiger partial charge in [-0.15, -0.1) is 0 Å². The third kappa shape index (κ3) is 4.23. The Bertz CT molecular complexity index is 649. The van der Waals surface area contributed by atoms with E-state index in [0.717, 1.165) is 39.1 Å². The molecule has 2 aliphatic rings. The summed E-state index contributed by atoms with van der Waals surface area (Å²) in [4.78, 5) is 6.61. The van der Waals surface area contributed by atoms with E-state index in [1.54, 1.807) is 0 Å². The van der Waals surface area contributed by atoms with Crippen molar-refractivity contribution in [2.75, 3.05) is 32.8 Å². The molecule has 3 rings (SSSR count). The molecule has 2 saturated heterocycles. The van der Waals surface area contributed by atoms with E-state index < -0.39 is 12.4 Å². The fourth-order valence-corrected chi connectivity index (χ4v) is 3.57. The lowest BCUT2D eigenvalue weighted by Crippen LogP contribution is -2.41. The minimum Gasteiger partial charge on any atom is -0.434 e. The van der Waals surface area contributed by atoms with Gasteiger partial charge < -0.3 is 19.7 Å². The second-order valence-corrected chi connectivity index (χ2v) is 6.74. The zero-order valence-corrected chi connectivity index (χ0v) is 14.8. The zero-order chi connectivity index (χ0) is 18.6. The van der Waals surface area contributed by atoms with Gasteiger partial charge in [0.2, 0.25) is 0 Å². The molecule has 1 unspecified atom stereocenters. The van der Waals surface area contributed by atoms with Crippen LogP contribution in [0.15, 0.2) is 23.2 Å². The Morgan fingerprint density at radius 3 is 2.96 bits per heavy atom. The number of aliphatic imine (C=N–C) groups is 1. The summed E-state index contributed by atoms with van der Waals surface area (Å²) in [5, 5.41) is 3.20. The van der Waals surface area contributed by atoms with Gasteiger partial charge in [-0.2, -0.15) is 8.78 Å². The third-order valence-electron chi connectivity index (χ3n) is 4.94. The summed E-state index contributed by atoms with van der Waals surface area (Å²) in [5.41, 5.74) is 0.194. The number of nitrogens with one attached hydrogen (secondary N) is 1. The molecule has 144 valence electrons. The molecule has 1 atom stereocenters. The van der Waals surface area contributed by atoms with Crippen molar-refractivity contribution < 1.29 is 22.6 Å². The fourth-order valence-electron chi connectivity index (χ4n) is 3.57. The standard InChI is InChI=1S/C18H24F3N3O2/c1-2-22-17(24-8-6-18(11-24)7-9-25-12-18)23-10-13-14(19)4-3-5-15(13)26-16(20)21/h3-5,16H,2,6-12H2,1H3,(H,22,23). The molecule has 0 radical (unpaired) electrons. The van der Waals surface area contributed by atoms with Crippen LogP contribution in [0, 0.1) is 11.2 Å². The van der Waals surface area contributed by atoms with Crippen molar-refractivity contribution in [1.82, 2.24) is 10.2 Å². The number of nitrogens with zero attached hydrogens (tertiary/aromatic N) is 2. The highest BCUT2D eigenvalue weighted by Gasteiger charge is 2.42. The smallest absolute Gasteiger partial charge is 0.387 e. The van der Waals surface area contributed by atoms with Crippen molar-refractivity contribution in [3.63, 3.8) is 0 Å². The number of likely N-dealkylation sites (tertiary alicyclic amines) is 1. The van der Waals surface area contributed by atoms with Crippen LogP contribution >= 0.6 is 0 Å². The van der Waals surface area contributed by atoms with Crippen LogP contribution in [0.25, 0.3) is 0 Å². The largest absolute Gasteiger partial charge is 0.434 e. The van der Waals surface area contributed by atoms with E-state index in [1.807, 2.05) is 6.92 Å². The second kappa shape index (κ2) is 8.16. The number of hydrogen-bond donors (Lipinski definition) is 1. The highest BCUT2D eigenvalue weighted by atomic mass is 19.3. The van der Waals surface area contributed by atoms with E-state index >= 15 is 0 Å². The lowest BCUT2D eigenvalue weighted by molar-refractivity contribution is -0.0506. The molecule has 1 aromatic rings. The molecule has 0 aromatic heterocycles. The van der Waals surface area contributed by atoms with Crippen LogP contribution in [-0.2, 0) is 11.3 Å². The second-order valence-electron chi connectivity index (χ2n) is 6.74. The van der Waals surface area contributed by atoms with Crippen molar-refractivity contribution >= 4 is 5.96 Å². The maximum atomic E-state index is 14.1. The van der Waals surface area contributed by atoms with Gasteiger partial charge in [0.15, 0.2) is 5.96 Å². The molecule has 1 N–H and O–H groups in total. The highest BCUT2D eigenvalue weighted by Crippen LogP contribution is 2.38. The molecule has 0 aliphatic carbocycles. The van der Waals surface area contributed by atoms with E-state index in [0.29, 0.717) is 12.5 Å². The number of hydrogen-bond acceptors (Lipinski definition) is 3. The SMILES string of the molecule is CCNC(=NCc1c(F)cccc1OC(F)F)N1CCC2(CCOC2)C1. The summed E-state index contributed by atoms with van der Waals surface area (Å²) < 4.78 is 49.2. The Kier molecular flexibility index (Phi) is 5.90. The Balaban J connectivity index is 1.76. The van der Waals surface area contributed by atoms with Crippen LogP contribution < -0.4 is 10.1 Å². The molecule has 2 heterocycles. The van der Waals surface area contributed by atoms with Gasteiger partial charge in [-0.3, -0.25) is 0 Å². The Labute approximate surface area is 151 Å². The monoisotopic (exact) mass is 371 g/mol. The average molecular weight is 371 g/mol. The number of alkyl halides is 2. The molecule has 8 heteroatoms. The first-order valence-electron chi connectivity index (χ1n) is 8.86. The minimum absolute atomic E-state index is 0.0290. The van der Waals surface area contributed by atoms with E-state index in [1.165, 1.54) is 18.2 Å². The van der Waals surface area contributed by atoms with Gasteiger partial charge in [0, 0.05) is 31.7 Å². The van der Waals surface area contributed by atoms with Crippen molar-refractivity contribution in [2.45, 2.75) is 32.9 Å². The van der Waals surface area contributed by atoms with Gasteiger partial charge in [-0.1, -0.05) is 6.07 Å². The van der Waals surface area contributed by atoms with Gasteiger partial charge >= 0.3 is 6.61 Å². The first kappa shape index (κ1) is 18.8. The minimum atomic E-state index is -3.01. The van der Waals surface area contributed by atoms with Crippen molar-refractivity contribution in [2.24, 2.45) is 10.4 Å². The van der Waals surface area contributed by atoms with Crippen LogP contribution in [0.2, 0.25) is 0 Å². The molecular weight excluding hydrogens is 347 g/mol. The van der Waals surface area contributed by atoms with Gasteiger partial charge in [0.05, 0.1) is 18.7 Å². The summed E-state index contributed by atoms with van der Waals surface area (Å²) in [6, 6.07) is 3.89. The van der Waals surface area contributed by atoms with Crippen LogP contribution in [0.1, 0.15) is 25.3 Å². The Morgan fingerprint density at radius 1 is 1.42 bits per heavy atom. The molecule has 0 amide bonds. The lowest BCUT2D eigenvalue weighted by Gasteiger charge is -2.25. The molecule has 1 spiro atoms. The van der Waals surface area contributed by atoms with Crippen LogP contribution in [-0.4, -0.2) is 50.3 Å². The quantitative estimate of drug-likeness (QED) is 0.639. The number of ether oxygens (including phenoxy) is 2. The van der Waals surface area contributed by atoms with E-state index in [-0.39, 0.29) is 23.3 Å². The van der Waals surface area contributed by atoms with Crippen molar-refractivity contribution in [3.05, 3.63) is 29.6 Å². The predicted octanol–water partition coefficient (Wildman–Crippen LogP) is 3.01. The Hall–Kier alpha value is -1.96. The van der Waals surface area contributed by atoms with E-state index in [4.69, 9.17) is 4.74 Å². The topological polar surface area (TPSA) is 46.1 Å². The summed E-state index contributed by atoms with van der Waals surface area (Å²) in [5.74, 6) is -0.131.